The number of hydrogen-bond donors (Lipinski definition) is 0. The van der Waals surface area contributed by atoms with Gasteiger partial charge in [-0.25, -0.2) is 4.39 Å². The molecule has 7 heteroatoms. The topological polar surface area (TPSA) is 54.4 Å². The van der Waals surface area contributed by atoms with Crippen LogP contribution in [0.5, 0.6) is 0 Å². The van der Waals surface area contributed by atoms with E-state index in [1.54, 1.807) is 12.1 Å². The third-order valence-electron chi connectivity index (χ3n) is 9.17. The van der Waals surface area contributed by atoms with Gasteiger partial charge in [0.05, 0.1) is 18.4 Å². The van der Waals surface area contributed by atoms with Crippen LogP contribution in [-0.2, 0) is 27.3 Å². The summed E-state index contributed by atoms with van der Waals surface area (Å²) in [7, 11) is 0. The van der Waals surface area contributed by atoms with Crippen LogP contribution in [0.1, 0.15) is 75.5 Å². The van der Waals surface area contributed by atoms with Gasteiger partial charge in [0, 0.05) is 32.7 Å². The molecule has 208 valence electrons. The lowest BCUT2D eigenvalue weighted by molar-refractivity contribution is -0.156. The Kier molecular flexibility index (Phi) is 6.90. The van der Waals surface area contributed by atoms with E-state index in [1.165, 1.54) is 35.1 Å². The molecular weight excluding hydrogens is 493 g/mol. The fraction of sp³-hybridized carbons (Fsp3) is 0.562. The van der Waals surface area contributed by atoms with Crippen LogP contribution >= 0.6 is 0 Å². The summed E-state index contributed by atoms with van der Waals surface area (Å²) in [5.74, 6) is 1.36. The third kappa shape index (κ3) is 5.18. The maximum absolute atomic E-state index is 13.6. The second-order valence-corrected chi connectivity index (χ2v) is 12.2. The van der Waals surface area contributed by atoms with Crippen LogP contribution in [0.2, 0.25) is 0 Å². The van der Waals surface area contributed by atoms with Crippen molar-refractivity contribution in [2.75, 3.05) is 32.8 Å². The largest absolute Gasteiger partial charge is 0.466 e. The molecule has 3 heterocycles. The molecule has 2 saturated heterocycles. The normalized spacial score (nSPS) is 21.8. The summed E-state index contributed by atoms with van der Waals surface area (Å²) in [5, 5.41) is 4.51. The number of esters is 1. The number of aryl methyl sites for hydroxylation is 1. The Labute approximate surface area is 231 Å². The number of halogens is 1. The third-order valence-corrected chi connectivity index (χ3v) is 9.17. The van der Waals surface area contributed by atoms with E-state index in [0.717, 1.165) is 69.8 Å². The fourth-order valence-corrected chi connectivity index (χ4v) is 6.53. The number of piperidine rings is 1. The molecule has 0 unspecified atom stereocenters. The van der Waals surface area contributed by atoms with Gasteiger partial charge in [-0.3, -0.25) is 9.69 Å². The highest BCUT2D eigenvalue weighted by Crippen LogP contribution is 2.46. The molecule has 0 N–H and O–H groups in total. The fourth-order valence-electron chi connectivity index (χ4n) is 6.53. The molecule has 0 atom stereocenters. The molecule has 6 rings (SSSR count). The molecular formula is C32H40FN3O3. The van der Waals surface area contributed by atoms with Gasteiger partial charge in [-0.1, -0.05) is 36.3 Å². The van der Waals surface area contributed by atoms with Crippen molar-refractivity contribution in [1.82, 2.24) is 9.80 Å². The number of benzene rings is 2. The van der Waals surface area contributed by atoms with Gasteiger partial charge in [0.15, 0.2) is 5.60 Å². The Morgan fingerprint density at radius 2 is 1.82 bits per heavy atom. The number of ether oxygens (including phenoxy) is 1. The van der Waals surface area contributed by atoms with E-state index in [4.69, 9.17) is 9.57 Å². The smallest absolute Gasteiger partial charge is 0.311 e. The standard InChI is InChI=1S/C32H40FN3O3/c1-4-22-16-27(24-8-10-26(33)11-9-24)28(23-6-7-23)17-25(22)19-35-20-32(21-35)18-29(34-39-32)36-14-12-31(3,13-15-36)30(37)38-5-2/h8-11,16-17,23H,4-7,12-15,18-21H2,1-3H3. The number of nitrogens with zero attached hydrogens (tertiary/aromatic N) is 3. The van der Waals surface area contributed by atoms with Gasteiger partial charge >= 0.3 is 5.97 Å². The quantitative estimate of drug-likeness (QED) is 0.416. The molecule has 3 aliphatic heterocycles. The summed E-state index contributed by atoms with van der Waals surface area (Å²) in [6.07, 6.45) is 5.82. The van der Waals surface area contributed by atoms with E-state index in [1.807, 2.05) is 26.0 Å². The molecule has 1 aliphatic carbocycles. The number of carbonyl (C=O) groups is 1. The second kappa shape index (κ2) is 10.2. The maximum atomic E-state index is 13.6. The Hall–Kier alpha value is -2.93. The molecule has 2 aromatic carbocycles. The van der Waals surface area contributed by atoms with Crippen LogP contribution in [0.4, 0.5) is 4.39 Å². The van der Waals surface area contributed by atoms with Gasteiger partial charge in [-0.05, 0) is 91.8 Å². The van der Waals surface area contributed by atoms with Gasteiger partial charge in [-0.2, -0.15) is 0 Å². The predicted molar refractivity (Wildman–Crippen MR) is 150 cm³/mol. The van der Waals surface area contributed by atoms with Crippen molar-refractivity contribution in [1.29, 1.82) is 0 Å². The lowest BCUT2D eigenvalue weighted by atomic mass is 9.80. The van der Waals surface area contributed by atoms with Crippen LogP contribution in [0.3, 0.4) is 0 Å². The summed E-state index contributed by atoms with van der Waals surface area (Å²) in [6, 6.07) is 11.7. The number of likely N-dealkylation sites (tertiary alicyclic amines) is 2. The molecule has 0 bridgehead atoms. The molecule has 1 saturated carbocycles. The van der Waals surface area contributed by atoms with Gasteiger partial charge in [0.1, 0.15) is 11.7 Å². The molecule has 0 aromatic heterocycles. The minimum atomic E-state index is -0.403. The van der Waals surface area contributed by atoms with Crippen molar-refractivity contribution < 1.29 is 18.8 Å². The van der Waals surface area contributed by atoms with E-state index in [-0.39, 0.29) is 17.4 Å². The van der Waals surface area contributed by atoms with E-state index < -0.39 is 5.41 Å². The average Bonchev–Trinajstić information content (AvgIpc) is 3.67. The Bertz CT molecular complexity index is 1260. The van der Waals surface area contributed by atoms with Crippen molar-refractivity contribution in [3.05, 3.63) is 58.9 Å². The summed E-state index contributed by atoms with van der Waals surface area (Å²) in [6.45, 7) is 10.8. The molecule has 4 aliphatic rings. The Balaban J connectivity index is 1.08. The molecule has 0 amide bonds. The van der Waals surface area contributed by atoms with Crippen LogP contribution in [0.15, 0.2) is 41.6 Å². The van der Waals surface area contributed by atoms with Crippen LogP contribution in [0, 0.1) is 11.2 Å². The molecule has 1 spiro atoms. The summed E-state index contributed by atoms with van der Waals surface area (Å²) in [5.41, 5.74) is 5.90. The van der Waals surface area contributed by atoms with E-state index in [9.17, 15) is 9.18 Å². The second-order valence-electron chi connectivity index (χ2n) is 12.2. The first-order chi connectivity index (χ1) is 18.8. The summed E-state index contributed by atoms with van der Waals surface area (Å²) < 4.78 is 18.9. The highest BCUT2D eigenvalue weighted by atomic mass is 19.1. The number of rotatable bonds is 7. The first kappa shape index (κ1) is 26.3. The minimum absolute atomic E-state index is 0.0812. The molecule has 0 radical (unpaired) electrons. The average molecular weight is 534 g/mol. The lowest BCUT2D eigenvalue weighted by Gasteiger charge is -2.46. The highest BCUT2D eigenvalue weighted by Gasteiger charge is 2.51. The van der Waals surface area contributed by atoms with Crippen LogP contribution in [0.25, 0.3) is 11.1 Å². The van der Waals surface area contributed by atoms with Gasteiger partial charge < -0.3 is 14.5 Å². The van der Waals surface area contributed by atoms with Crippen LogP contribution < -0.4 is 0 Å². The van der Waals surface area contributed by atoms with E-state index in [0.29, 0.717) is 12.5 Å². The maximum Gasteiger partial charge on any atom is 0.311 e. The monoisotopic (exact) mass is 533 g/mol. The van der Waals surface area contributed by atoms with Gasteiger partial charge in [-0.15, -0.1) is 0 Å². The number of carbonyl (C=O) groups excluding carboxylic acids is 1. The van der Waals surface area contributed by atoms with Crippen molar-refractivity contribution in [2.45, 2.75) is 77.4 Å². The molecule has 3 fully saturated rings. The Morgan fingerprint density at radius 1 is 1.10 bits per heavy atom. The zero-order valence-corrected chi connectivity index (χ0v) is 23.5. The number of hydrogen-bond acceptors (Lipinski definition) is 6. The van der Waals surface area contributed by atoms with E-state index >= 15 is 0 Å². The minimum Gasteiger partial charge on any atom is -0.466 e. The summed E-state index contributed by atoms with van der Waals surface area (Å²) >= 11 is 0. The predicted octanol–water partition coefficient (Wildman–Crippen LogP) is 5.89. The first-order valence-electron chi connectivity index (χ1n) is 14.6. The number of amidine groups is 1. The van der Waals surface area contributed by atoms with Crippen molar-refractivity contribution in [3.63, 3.8) is 0 Å². The van der Waals surface area contributed by atoms with Gasteiger partial charge in [0.25, 0.3) is 0 Å². The molecule has 2 aromatic rings. The lowest BCUT2D eigenvalue weighted by Crippen LogP contribution is -2.61. The highest BCUT2D eigenvalue weighted by molar-refractivity contribution is 5.85. The van der Waals surface area contributed by atoms with E-state index in [2.05, 4.69) is 34.0 Å². The first-order valence-corrected chi connectivity index (χ1v) is 14.6. The van der Waals surface area contributed by atoms with Crippen molar-refractivity contribution >= 4 is 11.8 Å². The SMILES string of the molecule is CCOC(=O)C1(C)CCN(C2=NOC3(C2)CN(Cc2cc(C4CC4)c(-c4ccc(F)cc4)cc2CC)C3)CC1. The molecule has 6 nitrogen and oxygen atoms in total. The van der Waals surface area contributed by atoms with Crippen molar-refractivity contribution in [2.24, 2.45) is 10.6 Å². The van der Waals surface area contributed by atoms with Gasteiger partial charge in [0.2, 0.25) is 0 Å². The van der Waals surface area contributed by atoms with Crippen LogP contribution in [-0.4, -0.2) is 60.0 Å². The Morgan fingerprint density at radius 3 is 2.46 bits per heavy atom. The zero-order chi connectivity index (χ0) is 27.2. The molecule has 39 heavy (non-hydrogen) atoms. The zero-order valence-electron chi connectivity index (χ0n) is 23.5. The number of oxime groups is 1. The van der Waals surface area contributed by atoms with Crippen molar-refractivity contribution in [3.8, 4) is 11.1 Å². The summed E-state index contributed by atoms with van der Waals surface area (Å²) in [4.78, 5) is 23.2.